The minimum absolute atomic E-state index is 0.0104. The molecule has 1 saturated carbocycles. The molecule has 6 rings (SSSR count). The molecule has 0 spiro atoms. The van der Waals surface area contributed by atoms with Crippen LogP contribution in [0.3, 0.4) is 0 Å². The highest BCUT2D eigenvalue weighted by Gasteiger charge is 2.28. The van der Waals surface area contributed by atoms with E-state index in [4.69, 9.17) is 5.73 Å². The Balaban J connectivity index is 1.34. The van der Waals surface area contributed by atoms with Crippen molar-refractivity contribution in [3.05, 3.63) is 76.0 Å². The summed E-state index contributed by atoms with van der Waals surface area (Å²) in [5.41, 5.74) is 7.94. The minimum Gasteiger partial charge on any atom is -0.384 e. The van der Waals surface area contributed by atoms with Crippen molar-refractivity contribution in [2.45, 2.75) is 51.2 Å². The van der Waals surface area contributed by atoms with Gasteiger partial charge in [0.25, 0.3) is 11.5 Å². The smallest absolute Gasteiger partial charge is 0.321 e. The second kappa shape index (κ2) is 11.7. The molecule has 1 saturated heterocycles. The van der Waals surface area contributed by atoms with E-state index < -0.39 is 12.5 Å². The number of hydrogen-bond acceptors (Lipinski definition) is 8. The molecule has 3 aromatic heterocycles. The molecule has 13 heteroatoms. The van der Waals surface area contributed by atoms with Crippen molar-refractivity contribution in [3.8, 4) is 28.6 Å². The molecule has 1 aliphatic carbocycles. The summed E-state index contributed by atoms with van der Waals surface area (Å²) in [4.78, 5) is 33.4. The summed E-state index contributed by atoms with van der Waals surface area (Å²) < 4.78 is 29.6. The Kier molecular flexibility index (Phi) is 7.69. The summed E-state index contributed by atoms with van der Waals surface area (Å²) in [5.74, 6) is -0.646. The zero-order valence-corrected chi connectivity index (χ0v) is 23.2. The number of nitrogens with one attached hydrogen (secondary N) is 1. The van der Waals surface area contributed by atoms with Crippen molar-refractivity contribution in [1.29, 1.82) is 5.26 Å². The quantitative estimate of drug-likeness (QED) is 0.305. The summed E-state index contributed by atoms with van der Waals surface area (Å²) >= 11 is 0. The number of pyridine rings is 2. The summed E-state index contributed by atoms with van der Waals surface area (Å²) in [5, 5.41) is 19.6. The predicted molar refractivity (Wildman–Crippen MR) is 155 cm³/mol. The van der Waals surface area contributed by atoms with Gasteiger partial charge < -0.3 is 15.6 Å². The number of nitrogens with zero attached hydrogens (tertiary/aromatic N) is 7. The van der Waals surface area contributed by atoms with Crippen LogP contribution < -0.4 is 16.6 Å². The number of hydrogen-bond donors (Lipinski definition) is 2. The van der Waals surface area contributed by atoms with E-state index in [9.17, 15) is 23.6 Å². The molecule has 1 aliphatic heterocycles. The molecule has 0 radical (unpaired) electrons. The average molecular weight is 586 g/mol. The molecule has 43 heavy (non-hydrogen) atoms. The molecule has 11 nitrogen and oxygen atoms in total. The number of aromatic nitrogens is 5. The van der Waals surface area contributed by atoms with Crippen LogP contribution in [0.25, 0.3) is 22.5 Å². The van der Waals surface area contributed by atoms with Crippen LogP contribution in [0.15, 0.2) is 53.7 Å². The van der Waals surface area contributed by atoms with Crippen molar-refractivity contribution < 1.29 is 13.6 Å². The molecule has 4 heterocycles. The van der Waals surface area contributed by atoms with E-state index in [1.807, 2.05) is 12.3 Å². The molecule has 0 atom stereocenters. The van der Waals surface area contributed by atoms with Crippen molar-refractivity contribution in [3.63, 3.8) is 0 Å². The van der Waals surface area contributed by atoms with E-state index in [0.29, 0.717) is 22.2 Å². The molecule has 0 bridgehead atoms. The van der Waals surface area contributed by atoms with Crippen LogP contribution >= 0.6 is 0 Å². The monoisotopic (exact) mass is 585 g/mol. The van der Waals surface area contributed by atoms with Gasteiger partial charge in [-0.2, -0.15) is 14.0 Å². The predicted octanol–water partition coefficient (Wildman–Crippen LogP) is 4.59. The topological polar surface area (TPSA) is 148 Å². The van der Waals surface area contributed by atoms with Crippen LogP contribution in [0.1, 0.15) is 66.2 Å². The first-order valence-corrected chi connectivity index (χ1v) is 14.1. The normalized spacial score (nSPS) is 15.4. The Morgan fingerprint density at radius 1 is 1.12 bits per heavy atom. The number of nitrogens with two attached hydrogens (primary N) is 1. The first-order valence-electron chi connectivity index (χ1n) is 14.1. The van der Waals surface area contributed by atoms with Crippen molar-refractivity contribution in [1.82, 2.24) is 29.2 Å². The zero-order valence-electron chi connectivity index (χ0n) is 23.2. The molecular weight excluding hydrogens is 556 g/mol. The van der Waals surface area contributed by atoms with Crippen LogP contribution in [-0.4, -0.2) is 48.2 Å². The number of carbonyl (C=O) groups is 1. The number of halogens is 2. The standard InChI is InChI=1S/C30H29F2N9O2/c31-30(32)41-17-35-38-27(41)23-10-18(14-33)4-7-22(23)20-12-25(34)36-26(13-20)37-28(42)24-11-19(15-39-8-2-1-3-9-39)16-40(29(24)43)21-5-6-21/h4,7,10-13,16-17,21,30H,1-3,5-6,8-9,15H2,(H3,34,36,37,42). The van der Waals surface area contributed by atoms with Gasteiger partial charge in [-0.05, 0) is 85.8 Å². The number of nitrogen functional groups attached to an aromatic ring is 1. The van der Waals surface area contributed by atoms with E-state index in [0.717, 1.165) is 50.7 Å². The maximum absolute atomic E-state index is 13.7. The van der Waals surface area contributed by atoms with Crippen molar-refractivity contribution in [2.24, 2.45) is 0 Å². The second-order valence-corrected chi connectivity index (χ2v) is 10.9. The molecular formula is C30H29F2N9O2. The van der Waals surface area contributed by atoms with Crippen LogP contribution in [0.5, 0.6) is 0 Å². The molecule has 2 fully saturated rings. The molecule has 2 aliphatic rings. The lowest BCUT2D eigenvalue weighted by molar-refractivity contribution is 0.0716. The molecule has 0 unspecified atom stereocenters. The summed E-state index contributed by atoms with van der Waals surface area (Å²) in [7, 11) is 0. The molecule has 4 aromatic rings. The lowest BCUT2D eigenvalue weighted by Gasteiger charge is -2.26. The number of rotatable bonds is 8. The third-order valence-electron chi connectivity index (χ3n) is 7.71. The largest absolute Gasteiger partial charge is 0.384 e. The van der Waals surface area contributed by atoms with Gasteiger partial charge in [-0.1, -0.05) is 12.5 Å². The molecule has 1 amide bonds. The van der Waals surface area contributed by atoms with Crippen molar-refractivity contribution >= 4 is 17.5 Å². The Hall–Kier alpha value is -4.96. The number of carbonyl (C=O) groups excluding carboxylic acids is 1. The third kappa shape index (κ3) is 6.00. The van der Waals surface area contributed by atoms with E-state index in [1.165, 1.54) is 30.7 Å². The number of anilines is 2. The number of benzene rings is 1. The van der Waals surface area contributed by atoms with Crippen LogP contribution in [0.2, 0.25) is 0 Å². The highest BCUT2D eigenvalue weighted by Crippen LogP contribution is 2.36. The first kappa shape index (κ1) is 28.2. The van der Waals surface area contributed by atoms with E-state index in [-0.39, 0.29) is 45.8 Å². The lowest BCUT2D eigenvalue weighted by Crippen LogP contribution is -2.32. The van der Waals surface area contributed by atoms with Crippen LogP contribution in [0.4, 0.5) is 20.4 Å². The van der Waals surface area contributed by atoms with Crippen molar-refractivity contribution in [2.75, 3.05) is 24.1 Å². The SMILES string of the molecule is N#Cc1ccc(-c2cc(N)nc(NC(=O)c3cc(CN4CCCCC4)cn(C4CC4)c3=O)c2)c(-c2nncn2C(F)F)c1. The van der Waals surface area contributed by atoms with Gasteiger partial charge in [-0.3, -0.25) is 19.1 Å². The van der Waals surface area contributed by atoms with Crippen LogP contribution in [-0.2, 0) is 6.54 Å². The number of amides is 1. The van der Waals surface area contributed by atoms with Crippen LogP contribution in [0, 0.1) is 11.3 Å². The maximum atomic E-state index is 13.7. The number of alkyl halides is 2. The Morgan fingerprint density at radius 3 is 2.63 bits per heavy atom. The number of nitriles is 1. The van der Waals surface area contributed by atoms with Gasteiger partial charge in [0.1, 0.15) is 23.5 Å². The van der Waals surface area contributed by atoms with E-state index in [2.05, 4.69) is 25.4 Å². The fraction of sp³-hybridized carbons (Fsp3) is 0.333. The van der Waals surface area contributed by atoms with Gasteiger partial charge in [0.05, 0.1) is 11.6 Å². The Bertz CT molecular complexity index is 1780. The minimum atomic E-state index is -2.91. The molecule has 3 N–H and O–H groups in total. The summed E-state index contributed by atoms with van der Waals surface area (Å²) in [6.07, 6.45) is 8.01. The Morgan fingerprint density at radius 2 is 1.91 bits per heavy atom. The number of likely N-dealkylation sites (tertiary alicyclic amines) is 1. The average Bonchev–Trinajstić information content (AvgIpc) is 3.72. The van der Waals surface area contributed by atoms with E-state index >= 15 is 0 Å². The van der Waals surface area contributed by atoms with E-state index in [1.54, 1.807) is 16.7 Å². The maximum Gasteiger partial charge on any atom is 0.321 e. The highest BCUT2D eigenvalue weighted by atomic mass is 19.3. The molecule has 1 aromatic carbocycles. The molecule has 220 valence electrons. The van der Waals surface area contributed by atoms with Gasteiger partial charge in [0.2, 0.25) is 0 Å². The summed E-state index contributed by atoms with van der Waals surface area (Å²) in [6.45, 7) is -0.305. The lowest BCUT2D eigenvalue weighted by atomic mass is 9.97. The number of piperidine rings is 1. The fourth-order valence-corrected chi connectivity index (χ4v) is 5.49. The summed E-state index contributed by atoms with van der Waals surface area (Å²) in [6, 6.07) is 11.3. The van der Waals surface area contributed by atoms with Gasteiger partial charge in [0.15, 0.2) is 5.82 Å². The third-order valence-corrected chi connectivity index (χ3v) is 7.71. The Labute approximate surface area is 245 Å². The van der Waals surface area contributed by atoms with Gasteiger partial charge >= 0.3 is 6.55 Å². The first-order chi connectivity index (χ1) is 20.8. The van der Waals surface area contributed by atoms with Gasteiger partial charge in [-0.25, -0.2) is 4.98 Å². The highest BCUT2D eigenvalue weighted by molar-refractivity contribution is 6.04. The van der Waals surface area contributed by atoms with Gasteiger partial charge in [0, 0.05) is 24.3 Å². The fourth-order valence-electron chi connectivity index (χ4n) is 5.49. The zero-order chi connectivity index (χ0) is 30.1. The van der Waals surface area contributed by atoms with Gasteiger partial charge in [-0.15, -0.1) is 10.2 Å². The second-order valence-electron chi connectivity index (χ2n) is 10.9.